The summed E-state index contributed by atoms with van der Waals surface area (Å²) in [7, 11) is 0. The van der Waals surface area contributed by atoms with E-state index in [2.05, 4.69) is 0 Å². The second-order valence-electron chi connectivity index (χ2n) is 5.36. The highest BCUT2D eigenvalue weighted by Crippen LogP contribution is 2.47. The average Bonchev–Trinajstić information content (AvgIpc) is 2.52. The lowest BCUT2D eigenvalue weighted by molar-refractivity contribution is -0.180. The molecule has 132 valence electrons. The van der Waals surface area contributed by atoms with E-state index in [0.717, 1.165) is 6.08 Å². The quantitative estimate of drug-likeness (QED) is 0.538. The third-order valence-electron chi connectivity index (χ3n) is 3.53. The summed E-state index contributed by atoms with van der Waals surface area (Å²) in [6, 6.07) is 5.10. The minimum atomic E-state index is -4.58. The molecule has 0 amide bonds. The van der Waals surface area contributed by atoms with Crippen LogP contribution in [0.5, 0.6) is 17.2 Å². The van der Waals surface area contributed by atoms with Gasteiger partial charge in [-0.25, -0.2) is 4.39 Å². The summed E-state index contributed by atoms with van der Waals surface area (Å²) in [6.45, 7) is 1.63. The largest absolute Gasteiger partial charge is 0.474 e. The maximum Gasteiger partial charge on any atom is 0.429 e. The fourth-order valence-electron chi connectivity index (χ4n) is 2.34. The normalized spacial score (nSPS) is 16.4. The Morgan fingerprint density at radius 3 is 2.48 bits per heavy atom. The van der Waals surface area contributed by atoms with Crippen molar-refractivity contribution in [3.8, 4) is 17.2 Å². The van der Waals surface area contributed by atoms with Crippen molar-refractivity contribution in [3.05, 3.63) is 57.3 Å². The van der Waals surface area contributed by atoms with Crippen molar-refractivity contribution >= 4 is 29.3 Å². The molecule has 25 heavy (non-hydrogen) atoms. The fraction of sp³-hybridized carbons (Fsp3) is 0.176. The molecule has 2 aromatic rings. The molecule has 2 nitrogen and oxygen atoms in total. The summed E-state index contributed by atoms with van der Waals surface area (Å²) in [5, 5.41) is 0.0213. The van der Waals surface area contributed by atoms with Gasteiger partial charge in [-0.3, -0.25) is 0 Å². The van der Waals surface area contributed by atoms with Gasteiger partial charge in [0, 0.05) is 0 Å². The Morgan fingerprint density at radius 1 is 1.12 bits per heavy atom. The summed E-state index contributed by atoms with van der Waals surface area (Å²) < 4.78 is 62.5. The average molecular weight is 393 g/mol. The van der Waals surface area contributed by atoms with E-state index in [9.17, 15) is 17.6 Å². The SMILES string of the molecule is Cc1cc(F)ccc1Oc1c(Cl)cc(Cl)c2c1C=CC(C(F)(F)F)O2. The van der Waals surface area contributed by atoms with Crippen molar-refractivity contribution in [3.63, 3.8) is 0 Å². The first-order chi connectivity index (χ1) is 11.7. The molecule has 1 atom stereocenters. The molecule has 0 saturated heterocycles. The number of hydrogen-bond acceptors (Lipinski definition) is 2. The number of hydrogen-bond donors (Lipinski definition) is 0. The van der Waals surface area contributed by atoms with Crippen LogP contribution in [0.15, 0.2) is 30.3 Å². The monoisotopic (exact) mass is 392 g/mol. The van der Waals surface area contributed by atoms with Gasteiger partial charge < -0.3 is 9.47 Å². The van der Waals surface area contributed by atoms with Crippen LogP contribution in [0.4, 0.5) is 17.6 Å². The smallest absolute Gasteiger partial charge is 0.429 e. The van der Waals surface area contributed by atoms with E-state index in [1.54, 1.807) is 6.92 Å². The molecule has 0 radical (unpaired) electrons. The molecule has 0 aromatic heterocycles. The van der Waals surface area contributed by atoms with Gasteiger partial charge in [-0.15, -0.1) is 0 Å². The Labute approximate surface area is 150 Å². The van der Waals surface area contributed by atoms with Gasteiger partial charge >= 0.3 is 6.18 Å². The second-order valence-corrected chi connectivity index (χ2v) is 6.18. The van der Waals surface area contributed by atoms with Crippen molar-refractivity contribution in [2.45, 2.75) is 19.2 Å². The minimum absolute atomic E-state index is 0.0678. The van der Waals surface area contributed by atoms with Gasteiger partial charge in [-0.2, -0.15) is 13.2 Å². The third-order valence-corrected chi connectivity index (χ3v) is 4.09. The van der Waals surface area contributed by atoms with Gasteiger partial charge in [0.2, 0.25) is 6.10 Å². The highest BCUT2D eigenvalue weighted by Gasteiger charge is 2.42. The van der Waals surface area contributed by atoms with Gasteiger partial charge in [0.15, 0.2) is 5.75 Å². The Bertz CT molecular complexity index is 863. The topological polar surface area (TPSA) is 18.5 Å². The van der Waals surface area contributed by atoms with Crippen molar-refractivity contribution < 1.29 is 27.0 Å². The Balaban J connectivity index is 2.05. The molecule has 1 aliphatic heterocycles. The zero-order valence-corrected chi connectivity index (χ0v) is 14.1. The van der Waals surface area contributed by atoms with Gasteiger partial charge in [0.25, 0.3) is 0 Å². The van der Waals surface area contributed by atoms with Crippen LogP contribution in [0.3, 0.4) is 0 Å². The van der Waals surface area contributed by atoms with Crippen LogP contribution in [0, 0.1) is 12.7 Å². The summed E-state index contributed by atoms with van der Waals surface area (Å²) in [6.07, 6.45) is -4.65. The first-order valence-electron chi connectivity index (χ1n) is 7.04. The molecule has 1 heterocycles. The number of halogens is 6. The molecule has 0 N–H and O–H groups in total. The summed E-state index contributed by atoms with van der Waals surface area (Å²) in [5.41, 5.74) is 0.676. The molecule has 1 aliphatic rings. The van der Waals surface area contributed by atoms with E-state index in [0.29, 0.717) is 11.3 Å². The molecule has 1 unspecified atom stereocenters. The Hall–Kier alpha value is -1.92. The second kappa shape index (κ2) is 6.42. The first kappa shape index (κ1) is 17.9. The maximum absolute atomic E-state index is 13.2. The lowest BCUT2D eigenvalue weighted by Gasteiger charge is -2.26. The van der Waals surface area contributed by atoms with Crippen molar-refractivity contribution in [1.82, 2.24) is 0 Å². The highest BCUT2D eigenvalue weighted by atomic mass is 35.5. The minimum Gasteiger partial charge on any atom is -0.474 e. The highest BCUT2D eigenvalue weighted by molar-refractivity contribution is 6.37. The zero-order valence-electron chi connectivity index (χ0n) is 12.6. The van der Waals surface area contributed by atoms with Crippen LogP contribution in [-0.2, 0) is 0 Å². The van der Waals surface area contributed by atoms with Gasteiger partial charge in [0.1, 0.15) is 17.3 Å². The number of aryl methyl sites for hydroxylation is 1. The lowest BCUT2D eigenvalue weighted by atomic mass is 10.1. The van der Waals surface area contributed by atoms with Gasteiger partial charge in [-0.1, -0.05) is 23.2 Å². The van der Waals surface area contributed by atoms with Crippen LogP contribution in [0.2, 0.25) is 10.0 Å². The predicted molar refractivity (Wildman–Crippen MR) is 87.2 cm³/mol. The molecule has 0 aliphatic carbocycles. The van der Waals surface area contributed by atoms with E-state index in [1.165, 1.54) is 30.3 Å². The van der Waals surface area contributed by atoms with Gasteiger partial charge in [0.05, 0.1) is 15.6 Å². The van der Waals surface area contributed by atoms with E-state index in [-0.39, 0.29) is 27.1 Å². The number of fused-ring (bicyclic) bond motifs is 1. The van der Waals surface area contributed by atoms with E-state index in [1.807, 2.05) is 0 Å². The maximum atomic E-state index is 13.2. The van der Waals surface area contributed by atoms with E-state index < -0.39 is 18.1 Å². The molecule has 8 heteroatoms. The number of benzene rings is 2. The van der Waals surface area contributed by atoms with E-state index >= 15 is 0 Å². The van der Waals surface area contributed by atoms with Crippen LogP contribution >= 0.6 is 23.2 Å². The van der Waals surface area contributed by atoms with Gasteiger partial charge in [-0.05, 0) is 48.9 Å². The predicted octanol–water partition coefficient (Wildman–Crippen LogP) is 6.57. The standard InChI is InChI=1S/C17H10Cl2F4O2/c1-8-6-9(20)2-4-13(8)24-15-10-3-5-14(17(21,22)23)25-16(10)12(19)7-11(15)18/h2-7,14H,1H3. The molecule has 3 rings (SSSR count). The Kier molecular flexibility index (Phi) is 4.60. The summed E-state index contributed by atoms with van der Waals surface area (Å²) in [5.74, 6) is -0.234. The summed E-state index contributed by atoms with van der Waals surface area (Å²) >= 11 is 12.1. The molecule has 0 bridgehead atoms. The zero-order chi connectivity index (χ0) is 18.4. The molecule has 0 fully saturated rings. The fourth-order valence-corrected chi connectivity index (χ4v) is 2.90. The molecule has 0 saturated carbocycles. The van der Waals surface area contributed by atoms with Crippen LogP contribution in [0.25, 0.3) is 6.08 Å². The molecule has 2 aromatic carbocycles. The number of rotatable bonds is 2. The van der Waals surface area contributed by atoms with Crippen molar-refractivity contribution in [1.29, 1.82) is 0 Å². The third kappa shape index (κ3) is 3.55. The van der Waals surface area contributed by atoms with Crippen molar-refractivity contribution in [2.24, 2.45) is 0 Å². The van der Waals surface area contributed by atoms with Crippen molar-refractivity contribution in [2.75, 3.05) is 0 Å². The molecular formula is C17H10Cl2F4O2. The summed E-state index contributed by atoms with van der Waals surface area (Å²) in [4.78, 5) is 0. The number of alkyl halides is 3. The number of ether oxygens (including phenoxy) is 2. The first-order valence-corrected chi connectivity index (χ1v) is 7.80. The Morgan fingerprint density at radius 2 is 1.84 bits per heavy atom. The van der Waals surface area contributed by atoms with Crippen LogP contribution in [-0.4, -0.2) is 12.3 Å². The van der Waals surface area contributed by atoms with Crippen LogP contribution in [0.1, 0.15) is 11.1 Å². The molecule has 0 spiro atoms. The molecular weight excluding hydrogens is 383 g/mol. The van der Waals surface area contributed by atoms with E-state index in [4.69, 9.17) is 32.7 Å². The lowest BCUT2D eigenvalue weighted by Crippen LogP contribution is -2.34. The van der Waals surface area contributed by atoms with Crippen LogP contribution < -0.4 is 9.47 Å².